The quantitative estimate of drug-likeness (QED) is 0.718. The van der Waals surface area contributed by atoms with Crippen molar-refractivity contribution in [3.63, 3.8) is 0 Å². The number of hydrogen-bond donors (Lipinski definition) is 2. The summed E-state index contributed by atoms with van der Waals surface area (Å²) in [7, 11) is 0. The number of para-hydroxylation sites is 2. The molecule has 0 aliphatic rings. The van der Waals surface area contributed by atoms with E-state index in [1.807, 2.05) is 36.4 Å². The van der Waals surface area contributed by atoms with E-state index in [0.29, 0.717) is 5.56 Å². The fraction of sp³-hybridized carbons (Fsp3) is 0. The fourth-order valence-electron chi connectivity index (χ4n) is 1.88. The minimum atomic E-state index is -0.425. The van der Waals surface area contributed by atoms with Gasteiger partial charge in [0, 0.05) is 11.1 Å². The maximum atomic E-state index is 11.0. The van der Waals surface area contributed by atoms with Crippen LogP contribution in [-0.4, -0.2) is 15.9 Å². The van der Waals surface area contributed by atoms with Crippen LogP contribution in [0.1, 0.15) is 10.4 Å². The summed E-state index contributed by atoms with van der Waals surface area (Å²) >= 11 is 0. The summed E-state index contributed by atoms with van der Waals surface area (Å²) in [6, 6.07) is 14.9. The Kier molecular flexibility index (Phi) is 2.34. The highest BCUT2D eigenvalue weighted by Crippen LogP contribution is 2.20. The second-order valence-corrected chi connectivity index (χ2v) is 4.04. The molecule has 18 heavy (non-hydrogen) atoms. The number of H-pyrrole nitrogens is 1. The van der Waals surface area contributed by atoms with Crippen LogP contribution in [0.5, 0.6) is 0 Å². The smallest absolute Gasteiger partial charge is 0.248 e. The number of aromatic amines is 1. The number of fused-ring (bicyclic) bond motifs is 1. The first-order valence-electron chi connectivity index (χ1n) is 5.59. The van der Waals surface area contributed by atoms with Gasteiger partial charge in [-0.05, 0) is 24.3 Å². The molecule has 1 aromatic heterocycles. The zero-order chi connectivity index (χ0) is 12.5. The van der Waals surface area contributed by atoms with E-state index in [1.165, 1.54) is 0 Å². The molecule has 0 saturated carbocycles. The first-order chi connectivity index (χ1) is 8.74. The predicted octanol–water partition coefficient (Wildman–Crippen LogP) is 2.33. The van der Waals surface area contributed by atoms with Crippen LogP contribution in [0.2, 0.25) is 0 Å². The van der Waals surface area contributed by atoms with Gasteiger partial charge in [-0.25, -0.2) is 4.98 Å². The van der Waals surface area contributed by atoms with Crippen LogP contribution < -0.4 is 5.73 Å². The van der Waals surface area contributed by atoms with Gasteiger partial charge in [0.15, 0.2) is 0 Å². The van der Waals surface area contributed by atoms with Crippen molar-refractivity contribution in [3.05, 3.63) is 54.1 Å². The van der Waals surface area contributed by atoms with Crippen LogP contribution in [0.3, 0.4) is 0 Å². The van der Waals surface area contributed by atoms with Gasteiger partial charge in [0.1, 0.15) is 5.82 Å². The van der Waals surface area contributed by atoms with Gasteiger partial charge in [-0.1, -0.05) is 24.3 Å². The fourth-order valence-corrected chi connectivity index (χ4v) is 1.88. The number of carbonyl (C=O) groups excluding carboxylic acids is 1. The topological polar surface area (TPSA) is 71.8 Å². The lowest BCUT2D eigenvalue weighted by Crippen LogP contribution is -2.10. The van der Waals surface area contributed by atoms with E-state index in [1.54, 1.807) is 12.1 Å². The van der Waals surface area contributed by atoms with E-state index in [-0.39, 0.29) is 0 Å². The van der Waals surface area contributed by atoms with Crippen molar-refractivity contribution >= 4 is 16.9 Å². The van der Waals surface area contributed by atoms with Crippen molar-refractivity contribution in [3.8, 4) is 11.4 Å². The number of nitrogens with zero attached hydrogens (tertiary/aromatic N) is 1. The molecule has 88 valence electrons. The summed E-state index contributed by atoms with van der Waals surface area (Å²) in [5.41, 5.74) is 8.54. The highest BCUT2D eigenvalue weighted by molar-refractivity contribution is 5.93. The highest BCUT2D eigenvalue weighted by Gasteiger charge is 2.05. The molecule has 1 heterocycles. The van der Waals surface area contributed by atoms with E-state index in [2.05, 4.69) is 9.97 Å². The average Bonchev–Trinajstić information content (AvgIpc) is 2.82. The van der Waals surface area contributed by atoms with Crippen molar-refractivity contribution in [1.82, 2.24) is 9.97 Å². The minimum absolute atomic E-state index is 0.425. The van der Waals surface area contributed by atoms with Crippen LogP contribution in [0.15, 0.2) is 48.5 Å². The Balaban J connectivity index is 2.06. The molecule has 0 saturated heterocycles. The van der Waals surface area contributed by atoms with Gasteiger partial charge in [0.05, 0.1) is 11.0 Å². The molecule has 3 rings (SSSR count). The van der Waals surface area contributed by atoms with E-state index in [4.69, 9.17) is 5.73 Å². The lowest BCUT2D eigenvalue weighted by atomic mass is 10.1. The third-order valence-electron chi connectivity index (χ3n) is 2.83. The molecule has 4 nitrogen and oxygen atoms in total. The first-order valence-corrected chi connectivity index (χ1v) is 5.59. The number of nitrogens with two attached hydrogens (primary N) is 1. The van der Waals surface area contributed by atoms with Crippen molar-refractivity contribution in [1.29, 1.82) is 0 Å². The minimum Gasteiger partial charge on any atom is -0.366 e. The molecule has 2 aromatic carbocycles. The molecule has 3 aromatic rings. The molecule has 3 N–H and O–H groups in total. The molecule has 0 aliphatic heterocycles. The number of primary amides is 1. The van der Waals surface area contributed by atoms with Crippen molar-refractivity contribution < 1.29 is 4.79 Å². The molecule has 0 spiro atoms. The van der Waals surface area contributed by atoms with Crippen LogP contribution in [0.25, 0.3) is 22.4 Å². The van der Waals surface area contributed by atoms with E-state index in [0.717, 1.165) is 22.4 Å². The number of imidazole rings is 1. The molecule has 0 unspecified atom stereocenters. The number of nitrogens with one attached hydrogen (secondary N) is 1. The SMILES string of the molecule is NC(=O)c1ccc(-c2nc3ccccc3[nH]2)cc1. The molecule has 4 heteroatoms. The van der Waals surface area contributed by atoms with Gasteiger partial charge < -0.3 is 10.7 Å². The van der Waals surface area contributed by atoms with E-state index in [9.17, 15) is 4.79 Å². The van der Waals surface area contributed by atoms with Crippen molar-refractivity contribution in [2.24, 2.45) is 5.73 Å². The Hall–Kier alpha value is -2.62. The summed E-state index contributed by atoms with van der Waals surface area (Å²) in [6.45, 7) is 0. The number of rotatable bonds is 2. The summed E-state index contributed by atoms with van der Waals surface area (Å²) < 4.78 is 0. The molecule has 0 atom stereocenters. The molecule has 0 aliphatic carbocycles. The summed E-state index contributed by atoms with van der Waals surface area (Å²) in [6.07, 6.45) is 0. The Bertz CT molecular complexity index is 680. The Morgan fingerprint density at radius 3 is 2.44 bits per heavy atom. The molecular formula is C14H11N3O. The normalized spacial score (nSPS) is 10.7. The molecule has 0 bridgehead atoms. The van der Waals surface area contributed by atoms with Crippen molar-refractivity contribution in [2.75, 3.05) is 0 Å². The third-order valence-corrected chi connectivity index (χ3v) is 2.83. The van der Waals surface area contributed by atoms with Crippen LogP contribution in [-0.2, 0) is 0 Å². The zero-order valence-electron chi connectivity index (χ0n) is 9.55. The first kappa shape index (κ1) is 10.5. The second kappa shape index (κ2) is 4.00. The van der Waals surface area contributed by atoms with Crippen LogP contribution >= 0.6 is 0 Å². The monoisotopic (exact) mass is 237 g/mol. The van der Waals surface area contributed by atoms with Crippen LogP contribution in [0, 0.1) is 0 Å². The van der Waals surface area contributed by atoms with Gasteiger partial charge in [-0.2, -0.15) is 0 Å². The summed E-state index contributed by atoms with van der Waals surface area (Å²) in [5.74, 6) is 0.360. The predicted molar refractivity (Wildman–Crippen MR) is 70.0 cm³/mol. The molecule has 0 fully saturated rings. The molecular weight excluding hydrogens is 226 g/mol. The maximum absolute atomic E-state index is 11.0. The van der Waals surface area contributed by atoms with Crippen LogP contribution in [0.4, 0.5) is 0 Å². The van der Waals surface area contributed by atoms with Gasteiger partial charge in [-0.3, -0.25) is 4.79 Å². The molecule has 0 radical (unpaired) electrons. The van der Waals surface area contributed by atoms with E-state index < -0.39 is 5.91 Å². The highest BCUT2D eigenvalue weighted by atomic mass is 16.1. The number of aromatic nitrogens is 2. The Morgan fingerprint density at radius 1 is 1.06 bits per heavy atom. The summed E-state index contributed by atoms with van der Waals surface area (Å²) in [5, 5.41) is 0. The Labute approximate surface area is 103 Å². The third kappa shape index (κ3) is 1.73. The average molecular weight is 237 g/mol. The number of amides is 1. The summed E-state index contributed by atoms with van der Waals surface area (Å²) in [4.78, 5) is 18.7. The second-order valence-electron chi connectivity index (χ2n) is 4.04. The lowest BCUT2D eigenvalue weighted by molar-refractivity contribution is 0.100. The lowest BCUT2D eigenvalue weighted by Gasteiger charge is -1.98. The zero-order valence-corrected chi connectivity index (χ0v) is 9.55. The number of benzene rings is 2. The standard InChI is InChI=1S/C14H11N3O/c15-13(18)9-5-7-10(8-6-9)14-16-11-3-1-2-4-12(11)17-14/h1-8H,(H2,15,18)(H,16,17). The van der Waals surface area contributed by atoms with Crippen molar-refractivity contribution in [2.45, 2.75) is 0 Å². The van der Waals surface area contributed by atoms with E-state index >= 15 is 0 Å². The van der Waals surface area contributed by atoms with Gasteiger partial charge in [-0.15, -0.1) is 0 Å². The van der Waals surface area contributed by atoms with Gasteiger partial charge in [0.25, 0.3) is 0 Å². The van der Waals surface area contributed by atoms with Gasteiger partial charge >= 0.3 is 0 Å². The van der Waals surface area contributed by atoms with Gasteiger partial charge in [0.2, 0.25) is 5.91 Å². The number of carbonyl (C=O) groups is 1. The largest absolute Gasteiger partial charge is 0.366 e. The molecule has 1 amide bonds. The Morgan fingerprint density at radius 2 is 1.78 bits per heavy atom. The number of hydrogen-bond acceptors (Lipinski definition) is 2. The maximum Gasteiger partial charge on any atom is 0.248 e.